The molecule has 0 N–H and O–H groups in total. The minimum Gasteiger partial charge on any atom is -0.339 e. The molecule has 130 valence electrons. The van der Waals surface area contributed by atoms with Crippen LogP contribution >= 0.6 is 0 Å². The van der Waals surface area contributed by atoms with E-state index in [2.05, 4.69) is 0 Å². The quantitative estimate of drug-likeness (QED) is 0.611. The molecule has 8 nitrogen and oxygen atoms in total. The van der Waals surface area contributed by atoms with Gasteiger partial charge in [-0.2, -0.15) is 0 Å². The first kappa shape index (κ1) is 17.0. The van der Waals surface area contributed by atoms with Gasteiger partial charge in [-0.25, -0.2) is 0 Å². The van der Waals surface area contributed by atoms with Gasteiger partial charge in [0, 0.05) is 12.1 Å². The Balaban J connectivity index is 2.13. The summed E-state index contributed by atoms with van der Waals surface area (Å²) in [5, 5.41) is 22.7. The Morgan fingerprint density at radius 3 is 1.52 bits per heavy atom. The lowest BCUT2D eigenvalue weighted by Gasteiger charge is -2.17. The molecule has 3 rings (SSSR count). The van der Waals surface area contributed by atoms with E-state index in [1.165, 1.54) is 12.1 Å². The van der Waals surface area contributed by atoms with Gasteiger partial charge in [0.25, 0.3) is 11.4 Å². The SMILES string of the molecule is CC1(C)O[C@H](c2ccccc2[N+](=O)[O-])[C@H](c2ccccc2[N+](=O)[O-])O1. The van der Waals surface area contributed by atoms with Gasteiger partial charge in [0.1, 0.15) is 12.2 Å². The molecular formula is C17H16N2O6. The van der Waals surface area contributed by atoms with Crippen LogP contribution in [0, 0.1) is 20.2 Å². The van der Waals surface area contributed by atoms with Crippen LogP contribution in [-0.2, 0) is 9.47 Å². The van der Waals surface area contributed by atoms with E-state index in [0.717, 1.165) is 0 Å². The van der Waals surface area contributed by atoms with Crippen LogP contribution in [0.4, 0.5) is 11.4 Å². The molecule has 1 saturated heterocycles. The highest BCUT2D eigenvalue weighted by Crippen LogP contribution is 2.50. The Labute approximate surface area is 143 Å². The molecule has 0 radical (unpaired) electrons. The number of nitro benzene ring substituents is 2. The molecule has 1 aliphatic heterocycles. The van der Waals surface area contributed by atoms with Crippen molar-refractivity contribution in [2.45, 2.75) is 31.8 Å². The zero-order valence-corrected chi connectivity index (χ0v) is 13.6. The number of rotatable bonds is 4. The predicted octanol–water partition coefficient (Wildman–Crippen LogP) is 4.07. The van der Waals surface area contributed by atoms with Crippen molar-refractivity contribution in [2.75, 3.05) is 0 Å². The van der Waals surface area contributed by atoms with E-state index >= 15 is 0 Å². The van der Waals surface area contributed by atoms with Crippen molar-refractivity contribution in [3.05, 3.63) is 79.9 Å². The van der Waals surface area contributed by atoms with Crippen LogP contribution < -0.4 is 0 Å². The van der Waals surface area contributed by atoms with Crippen LogP contribution in [0.15, 0.2) is 48.5 Å². The molecule has 2 aromatic rings. The molecule has 0 spiro atoms. The van der Waals surface area contributed by atoms with Crippen LogP contribution in [-0.4, -0.2) is 15.6 Å². The first-order valence-electron chi connectivity index (χ1n) is 7.62. The summed E-state index contributed by atoms with van der Waals surface area (Å²) in [6.45, 7) is 3.34. The lowest BCUT2D eigenvalue weighted by Crippen LogP contribution is -2.20. The first-order valence-corrected chi connectivity index (χ1v) is 7.62. The highest BCUT2D eigenvalue weighted by Gasteiger charge is 2.47. The van der Waals surface area contributed by atoms with Gasteiger partial charge in [0.05, 0.1) is 21.0 Å². The summed E-state index contributed by atoms with van der Waals surface area (Å²) in [5.74, 6) is -1.04. The van der Waals surface area contributed by atoms with Crippen molar-refractivity contribution in [3.8, 4) is 0 Å². The fraction of sp³-hybridized carbons (Fsp3) is 0.294. The fourth-order valence-electron chi connectivity index (χ4n) is 3.00. The molecule has 2 atom stereocenters. The average molecular weight is 344 g/mol. The van der Waals surface area contributed by atoms with Crippen LogP contribution in [0.25, 0.3) is 0 Å². The second-order valence-corrected chi connectivity index (χ2v) is 6.11. The second kappa shape index (κ2) is 6.23. The van der Waals surface area contributed by atoms with Gasteiger partial charge in [-0.3, -0.25) is 20.2 Å². The number of ether oxygens (including phenoxy) is 2. The van der Waals surface area contributed by atoms with E-state index in [1.54, 1.807) is 50.2 Å². The fourth-order valence-corrected chi connectivity index (χ4v) is 3.00. The number of nitrogens with zero attached hydrogens (tertiary/aromatic N) is 2. The maximum absolute atomic E-state index is 11.4. The molecule has 0 saturated carbocycles. The smallest absolute Gasteiger partial charge is 0.275 e. The van der Waals surface area contributed by atoms with Crippen molar-refractivity contribution in [3.63, 3.8) is 0 Å². The molecule has 0 unspecified atom stereocenters. The van der Waals surface area contributed by atoms with E-state index in [-0.39, 0.29) is 11.4 Å². The van der Waals surface area contributed by atoms with Crippen molar-refractivity contribution in [1.82, 2.24) is 0 Å². The van der Waals surface area contributed by atoms with E-state index in [0.29, 0.717) is 11.1 Å². The van der Waals surface area contributed by atoms with Gasteiger partial charge >= 0.3 is 0 Å². The molecule has 0 aliphatic carbocycles. The normalized spacial score (nSPS) is 21.8. The zero-order valence-electron chi connectivity index (χ0n) is 13.6. The number of benzene rings is 2. The first-order chi connectivity index (χ1) is 11.8. The Morgan fingerprint density at radius 1 is 0.800 bits per heavy atom. The zero-order chi connectivity index (χ0) is 18.2. The summed E-state index contributed by atoms with van der Waals surface area (Å²) in [6.07, 6.45) is -1.67. The molecule has 25 heavy (non-hydrogen) atoms. The van der Waals surface area contributed by atoms with Gasteiger partial charge in [-0.15, -0.1) is 0 Å². The molecule has 8 heteroatoms. The summed E-state index contributed by atoms with van der Waals surface area (Å²) in [5.41, 5.74) is 0.414. The van der Waals surface area contributed by atoms with Gasteiger partial charge in [-0.05, 0) is 26.0 Å². The monoisotopic (exact) mass is 344 g/mol. The van der Waals surface area contributed by atoms with Gasteiger partial charge < -0.3 is 9.47 Å². The van der Waals surface area contributed by atoms with E-state index in [4.69, 9.17) is 9.47 Å². The molecule has 0 amide bonds. The van der Waals surface area contributed by atoms with E-state index in [1.807, 2.05) is 0 Å². The summed E-state index contributed by atoms with van der Waals surface area (Å²) < 4.78 is 11.8. The van der Waals surface area contributed by atoms with Crippen LogP contribution in [0.5, 0.6) is 0 Å². The molecule has 1 heterocycles. The Hall–Kier alpha value is -2.84. The lowest BCUT2D eigenvalue weighted by molar-refractivity contribution is -0.387. The number of para-hydroxylation sites is 2. The van der Waals surface area contributed by atoms with Crippen LogP contribution in [0.3, 0.4) is 0 Å². The van der Waals surface area contributed by atoms with Crippen molar-refractivity contribution in [2.24, 2.45) is 0 Å². The van der Waals surface area contributed by atoms with E-state index in [9.17, 15) is 20.2 Å². The highest BCUT2D eigenvalue weighted by molar-refractivity contribution is 5.47. The predicted molar refractivity (Wildman–Crippen MR) is 87.9 cm³/mol. The molecule has 2 aromatic carbocycles. The minimum absolute atomic E-state index is 0.114. The summed E-state index contributed by atoms with van der Waals surface area (Å²) in [7, 11) is 0. The standard InChI is InChI=1S/C17H16N2O6/c1-17(2)24-15(11-7-3-5-9-13(11)18(20)21)16(25-17)12-8-4-6-10-14(12)19(22)23/h3-10,15-16H,1-2H3/t15-,16+. The Morgan fingerprint density at radius 2 is 1.16 bits per heavy atom. The average Bonchev–Trinajstić information content (AvgIpc) is 2.90. The van der Waals surface area contributed by atoms with Gasteiger partial charge in [0.2, 0.25) is 0 Å². The third-order valence-electron chi connectivity index (χ3n) is 3.98. The third-order valence-corrected chi connectivity index (χ3v) is 3.98. The second-order valence-electron chi connectivity index (χ2n) is 6.11. The van der Waals surface area contributed by atoms with Gasteiger partial charge in [-0.1, -0.05) is 24.3 Å². The van der Waals surface area contributed by atoms with E-state index < -0.39 is 27.8 Å². The molecule has 1 aliphatic rings. The molecule has 1 fully saturated rings. The summed E-state index contributed by atoms with van der Waals surface area (Å²) in [6, 6.07) is 12.3. The van der Waals surface area contributed by atoms with Crippen molar-refractivity contribution >= 4 is 11.4 Å². The topological polar surface area (TPSA) is 105 Å². The Kier molecular flexibility index (Phi) is 4.23. The summed E-state index contributed by atoms with van der Waals surface area (Å²) >= 11 is 0. The van der Waals surface area contributed by atoms with Crippen LogP contribution in [0.1, 0.15) is 37.2 Å². The highest BCUT2D eigenvalue weighted by atomic mass is 16.8. The lowest BCUT2D eigenvalue weighted by atomic mass is 9.96. The van der Waals surface area contributed by atoms with Crippen LogP contribution in [0.2, 0.25) is 0 Å². The van der Waals surface area contributed by atoms with Crippen molar-refractivity contribution < 1.29 is 19.3 Å². The number of hydrogen-bond donors (Lipinski definition) is 0. The van der Waals surface area contributed by atoms with Crippen molar-refractivity contribution in [1.29, 1.82) is 0 Å². The maximum Gasteiger partial charge on any atom is 0.275 e. The molecule has 0 aromatic heterocycles. The minimum atomic E-state index is -1.04. The number of hydrogen-bond acceptors (Lipinski definition) is 6. The number of nitro groups is 2. The summed E-state index contributed by atoms with van der Waals surface area (Å²) in [4.78, 5) is 21.7. The molecule has 0 bridgehead atoms. The van der Waals surface area contributed by atoms with Gasteiger partial charge in [0.15, 0.2) is 5.79 Å². The molecular weight excluding hydrogens is 328 g/mol. The largest absolute Gasteiger partial charge is 0.339 e. The maximum atomic E-state index is 11.4. The Bertz CT molecular complexity index is 768. The third kappa shape index (κ3) is 3.21.